The molecule has 4 heteroatoms. The molecule has 0 spiro atoms. The summed E-state index contributed by atoms with van der Waals surface area (Å²) >= 11 is 0. The van der Waals surface area contributed by atoms with E-state index >= 15 is 0 Å². The number of piperazine rings is 1. The van der Waals surface area contributed by atoms with Crippen LogP contribution in [-0.4, -0.2) is 50.1 Å². The van der Waals surface area contributed by atoms with Gasteiger partial charge in [-0.2, -0.15) is 0 Å². The van der Waals surface area contributed by atoms with Crippen LogP contribution in [0.2, 0.25) is 0 Å². The highest BCUT2D eigenvalue weighted by molar-refractivity contribution is 5.76. The molecule has 0 aliphatic carbocycles. The molecule has 1 heterocycles. The molecule has 122 valence electrons. The second-order valence-electron chi connectivity index (χ2n) is 5.86. The lowest BCUT2D eigenvalue weighted by Crippen LogP contribution is -2.48. The summed E-state index contributed by atoms with van der Waals surface area (Å²) in [5, 5.41) is 0. The number of hydrogen-bond acceptors (Lipinski definition) is 3. The van der Waals surface area contributed by atoms with Gasteiger partial charge in [0.1, 0.15) is 0 Å². The largest absolute Gasteiger partial charge is 0.372 e. The quantitative estimate of drug-likeness (QED) is 0.837. The van der Waals surface area contributed by atoms with Crippen molar-refractivity contribution in [3.63, 3.8) is 0 Å². The van der Waals surface area contributed by atoms with E-state index in [1.165, 1.54) is 16.9 Å². The molecule has 1 fully saturated rings. The Kier molecular flexibility index (Phi) is 5.69. The van der Waals surface area contributed by atoms with Crippen LogP contribution in [-0.2, 0) is 4.79 Å². The van der Waals surface area contributed by atoms with E-state index in [-0.39, 0.29) is 5.91 Å². The van der Waals surface area contributed by atoms with Crippen LogP contribution in [0.1, 0.15) is 32.8 Å². The van der Waals surface area contributed by atoms with E-state index in [0.29, 0.717) is 6.42 Å². The summed E-state index contributed by atoms with van der Waals surface area (Å²) in [5.41, 5.74) is 3.92. The number of nitrogens with zero attached hydrogens (tertiary/aromatic N) is 3. The van der Waals surface area contributed by atoms with E-state index in [2.05, 4.69) is 48.8 Å². The highest BCUT2D eigenvalue weighted by atomic mass is 16.2. The van der Waals surface area contributed by atoms with E-state index in [0.717, 1.165) is 39.3 Å². The third kappa shape index (κ3) is 3.54. The highest BCUT2D eigenvalue weighted by Gasteiger charge is 2.21. The molecule has 1 amide bonds. The molecule has 1 aromatic rings. The second kappa shape index (κ2) is 7.52. The maximum atomic E-state index is 11.8. The monoisotopic (exact) mass is 303 g/mol. The molecule has 0 saturated carbocycles. The minimum absolute atomic E-state index is 0.272. The fourth-order valence-corrected chi connectivity index (χ4v) is 3.20. The third-order valence-electron chi connectivity index (χ3n) is 4.58. The van der Waals surface area contributed by atoms with Crippen LogP contribution < -0.4 is 9.80 Å². The SMILES string of the molecule is CCC(=O)N1CCN(c2ccc(N(CC)CC)cc2C)CC1. The number of amides is 1. The summed E-state index contributed by atoms with van der Waals surface area (Å²) < 4.78 is 0. The zero-order valence-corrected chi connectivity index (χ0v) is 14.4. The Balaban J connectivity index is 2.06. The average molecular weight is 303 g/mol. The Morgan fingerprint density at radius 3 is 2.23 bits per heavy atom. The summed E-state index contributed by atoms with van der Waals surface area (Å²) in [6, 6.07) is 6.74. The van der Waals surface area contributed by atoms with Gasteiger partial charge in [-0.25, -0.2) is 0 Å². The molecular formula is C18H29N3O. The summed E-state index contributed by atoms with van der Waals surface area (Å²) in [7, 11) is 0. The molecule has 4 nitrogen and oxygen atoms in total. The van der Waals surface area contributed by atoms with Crippen LogP contribution >= 0.6 is 0 Å². The van der Waals surface area contributed by atoms with Crippen LogP contribution in [0.25, 0.3) is 0 Å². The summed E-state index contributed by atoms with van der Waals surface area (Å²) in [6.45, 7) is 14.1. The lowest BCUT2D eigenvalue weighted by Gasteiger charge is -2.37. The van der Waals surface area contributed by atoms with Gasteiger partial charge in [-0.15, -0.1) is 0 Å². The lowest BCUT2D eigenvalue weighted by molar-refractivity contribution is -0.131. The first kappa shape index (κ1) is 16.7. The van der Waals surface area contributed by atoms with Crippen molar-refractivity contribution in [1.29, 1.82) is 0 Å². The molecule has 1 saturated heterocycles. The summed E-state index contributed by atoms with van der Waals surface area (Å²) in [5.74, 6) is 0.272. The molecule has 0 atom stereocenters. The predicted octanol–water partition coefficient (Wildman–Crippen LogP) is 2.90. The standard InChI is InChI=1S/C18H29N3O/c1-5-18(22)21-12-10-20(11-13-21)17-9-8-16(14-15(17)4)19(6-2)7-3/h8-9,14H,5-7,10-13H2,1-4H3. The number of anilines is 2. The molecule has 1 aliphatic rings. The van der Waals surface area contributed by atoms with Gasteiger partial charge >= 0.3 is 0 Å². The highest BCUT2D eigenvalue weighted by Crippen LogP contribution is 2.26. The number of aryl methyl sites for hydroxylation is 1. The molecule has 0 aromatic heterocycles. The maximum Gasteiger partial charge on any atom is 0.222 e. The van der Waals surface area contributed by atoms with Gasteiger partial charge in [0.05, 0.1) is 0 Å². The van der Waals surface area contributed by atoms with Crippen molar-refractivity contribution in [3.8, 4) is 0 Å². The molecular weight excluding hydrogens is 274 g/mol. The van der Waals surface area contributed by atoms with Gasteiger partial charge in [0.2, 0.25) is 5.91 Å². The molecule has 0 radical (unpaired) electrons. The number of benzene rings is 1. The maximum absolute atomic E-state index is 11.8. The fourth-order valence-electron chi connectivity index (χ4n) is 3.20. The number of carbonyl (C=O) groups is 1. The van der Waals surface area contributed by atoms with Gasteiger partial charge in [-0.3, -0.25) is 4.79 Å². The molecule has 1 aromatic carbocycles. The third-order valence-corrected chi connectivity index (χ3v) is 4.58. The average Bonchev–Trinajstić information content (AvgIpc) is 2.55. The lowest BCUT2D eigenvalue weighted by atomic mass is 10.1. The number of carbonyl (C=O) groups excluding carboxylic acids is 1. The Bertz CT molecular complexity index is 503. The van der Waals surface area contributed by atoms with Gasteiger partial charge in [0.15, 0.2) is 0 Å². The van der Waals surface area contributed by atoms with Gasteiger partial charge < -0.3 is 14.7 Å². The van der Waals surface area contributed by atoms with Gasteiger partial charge in [-0.05, 0) is 44.5 Å². The minimum atomic E-state index is 0.272. The van der Waals surface area contributed by atoms with Crippen molar-refractivity contribution in [2.24, 2.45) is 0 Å². The van der Waals surface area contributed by atoms with Gasteiger partial charge in [0, 0.05) is 57.1 Å². The molecule has 22 heavy (non-hydrogen) atoms. The van der Waals surface area contributed by atoms with Gasteiger partial charge in [0.25, 0.3) is 0 Å². The normalized spacial score (nSPS) is 15.1. The summed E-state index contributed by atoms with van der Waals surface area (Å²) in [6.07, 6.45) is 0.609. The topological polar surface area (TPSA) is 26.8 Å². The number of rotatable bonds is 5. The van der Waals surface area contributed by atoms with E-state index in [1.54, 1.807) is 0 Å². The van der Waals surface area contributed by atoms with Crippen LogP contribution in [0.15, 0.2) is 18.2 Å². The zero-order valence-electron chi connectivity index (χ0n) is 14.4. The smallest absolute Gasteiger partial charge is 0.222 e. The number of hydrogen-bond donors (Lipinski definition) is 0. The Hall–Kier alpha value is -1.71. The minimum Gasteiger partial charge on any atom is -0.372 e. The predicted molar refractivity (Wildman–Crippen MR) is 93.8 cm³/mol. The Morgan fingerprint density at radius 1 is 1.09 bits per heavy atom. The molecule has 2 rings (SSSR count). The van der Waals surface area contributed by atoms with Crippen molar-refractivity contribution >= 4 is 17.3 Å². The molecule has 0 unspecified atom stereocenters. The summed E-state index contributed by atoms with van der Waals surface area (Å²) in [4.78, 5) is 18.5. The van der Waals surface area contributed by atoms with Crippen molar-refractivity contribution in [3.05, 3.63) is 23.8 Å². The molecule has 1 aliphatic heterocycles. The fraction of sp³-hybridized carbons (Fsp3) is 0.611. The Labute approximate surface area is 134 Å². The van der Waals surface area contributed by atoms with Crippen molar-refractivity contribution < 1.29 is 4.79 Å². The van der Waals surface area contributed by atoms with Crippen LogP contribution in [0.3, 0.4) is 0 Å². The van der Waals surface area contributed by atoms with Crippen molar-refractivity contribution in [1.82, 2.24) is 4.90 Å². The van der Waals surface area contributed by atoms with E-state index in [1.807, 2.05) is 11.8 Å². The zero-order chi connectivity index (χ0) is 16.1. The van der Waals surface area contributed by atoms with Crippen LogP contribution in [0.4, 0.5) is 11.4 Å². The van der Waals surface area contributed by atoms with Crippen LogP contribution in [0, 0.1) is 6.92 Å². The van der Waals surface area contributed by atoms with E-state index in [4.69, 9.17) is 0 Å². The molecule has 0 N–H and O–H groups in total. The molecule has 0 bridgehead atoms. The van der Waals surface area contributed by atoms with Crippen LogP contribution in [0.5, 0.6) is 0 Å². The first-order valence-electron chi connectivity index (χ1n) is 8.49. The first-order chi connectivity index (χ1) is 10.6. The first-order valence-corrected chi connectivity index (χ1v) is 8.49. The van der Waals surface area contributed by atoms with Crippen molar-refractivity contribution in [2.75, 3.05) is 49.1 Å². The Morgan fingerprint density at radius 2 is 1.73 bits per heavy atom. The van der Waals surface area contributed by atoms with E-state index in [9.17, 15) is 4.79 Å². The second-order valence-corrected chi connectivity index (χ2v) is 5.86. The van der Waals surface area contributed by atoms with Gasteiger partial charge in [-0.1, -0.05) is 6.92 Å². The van der Waals surface area contributed by atoms with Crippen molar-refractivity contribution in [2.45, 2.75) is 34.1 Å². The van der Waals surface area contributed by atoms with E-state index < -0.39 is 0 Å².